The Labute approximate surface area is 105 Å². The molecule has 0 radical (unpaired) electrons. The topological polar surface area (TPSA) is 0 Å². The molecule has 7 heavy (non-hydrogen) atoms. The van der Waals surface area contributed by atoms with Crippen molar-refractivity contribution in [3.63, 3.8) is 0 Å². The van der Waals surface area contributed by atoms with Crippen molar-refractivity contribution in [3.8, 4) is 0 Å². The first-order valence-electron chi connectivity index (χ1n) is 0. The molecule has 0 saturated carbocycles. The van der Waals surface area contributed by atoms with Gasteiger partial charge in [0.05, 0.1) is 0 Å². The van der Waals surface area contributed by atoms with E-state index < -0.39 is 0 Å². The summed E-state index contributed by atoms with van der Waals surface area (Å²) < 4.78 is 0. The second-order valence-corrected chi connectivity index (χ2v) is 0. The van der Waals surface area contributed by atoms with Gasteiger partial charge in [-0.3, -0.25) is 0 Å². The van der Waals surface area contributed by atoms with Crippen molar-refractivity contribution >= 4 is 45.5 Å². The van der Waals surface area contributed by atoms with Crippen LogP contribution >= 0.6 is 0 Å². The molecule has 0 aliphatic rings. The SMILES string of the molecule is [F-].[F-].[F-].[F-].[F-].[Sr+2].[Tb+3]. The molecule has 0 unspecified atom stereocenters. The van der Waals surface area contributed by atoms with Crippen molar-refractivity contribution in [1.82, 2.24) is 0 Å². The molecule has 0 nitrogen and oxygen atoms in total. The minimum Gasteiger partial charge on any atom is -1.00 e. The van der Waals surface area contributed by atoms with Gasteiger partial charge in [0.25, 0.3) is 0 Å². The summed E-state index contributed by atoms with van der Waals surface area (Å²) in [5.41, 5.74) is 0. The molecule has 0 rings (SSSR count). The molecule has 0 amide bonds. The van der Waals surface area contributed by atoms with Gasteiger partial charge in [-0.05, 0) is 0 Å². The fourth-order valence-corrected chi connectivity index (χ4v) is 0. The molecule has 0 bridgehead atoms. The second kappa shape index (κ2) is 79.3. The Morgan fingerprint density at radius 2 is 0.429 bits per heavy atom. The quantitative estimate of drug-likeness (QED) is 0.303. The third-order valence-corrected chi connectivity index (χ3v) is 0. The van der Waals surface area contributed by atoms with E-state index in [0.29, 0.717) is 0 Å². The zero-order valence-electron chi connectivity index (χ0n) is 2.93. The summed E-state index contributed by atoms with van der Waals surface area (Å²) in [4.78, 5) is 0. The van der Waals surface area contributed by atoms with Crippen LogP contribution in [-0.2, 0) is 0 Å². The summed E-state index contributed by atoms with van der Waals surface area (Å²) in [6.45, 7) is 0. The predicted molar refractivity (Wildman–Crippen MR) is 5.75 cm³/mol. The van der Waals surface area contributed by atoms with Crippen LogP contribution in [0.15, 0.2) is 0 Å². The molecule has 0 spiro atoms. The van der Waals surface area contributed by atoms with Crippen LogP contribution in [0.25, 0.3) is 0 Å². The van der Waals surface area contributed by atoms with Gasteiger partial charge in [-0.15, -0.1) is 0 Å². The third kappa shape index (κ3) is 59.3. The van der Waals surface area contributed by atoms with Crippen molar-refractivity contribution in [3.05, 3.63) is 0 Å². The predicted octanol–water partition coefficient (Wildman–Crippen LogP) is -15.4. The maximum Gasteiger partial charge on any atom is 3.00 e. The standard InChI is InChI=1S/5FH.Sr.Tb/h5*1H;;/q;;;;;+2;+3/p-5. The summed E-state index contributed by atoms with van der Waals surface area (Å²) in [7, 11) is 0. The number of hydrogen-bond donors (Lipinski definition) is 0. The summed E-state index contributed by atoms with van der Waals surface area (Å²) in [6.07, 6.45) is 0. The third-order valence-electron chi connectivity index (χ3n) is 0. The minimum absolute atomic E-state index is 0. The first kappa shape index (κ1) is 114. The number of hydrogen-bond acceptors (Lipinski definition) is 0. The number of rotatable bonds is 0. The van der Waals surface area contributed by atoms with Gasteiger partial charge in [0.1, 0.15) is 0 Å². The van der Waals surface area contributed by atoms with Crippen LogP contribution in [0.4, 0.5) is 0 Å². The number of halogens is 5. The normalized spacial score (nSPS) is 0. The second-order valence-electron chi connectivity index (χ2n) is 0. The maximum absolute atomic E-state index is 0. The van der Waals surface area contributed by atoms with Gasteiger partial charge in [0.2, 0.25) is 0 Å². The van der Waals surface area contributed by atoms with E-state index in [1.165, 1.54) is 0 Å². The zero-order valence-corrected chi connectivity index (χ0v) is 8.55. The van der Waals surface area contributed by atoms with E-state index in [1.807, 2.05) is 0 Å². The van der Waals surface area contributed by atoms with E-state index in [0.717, 1.165) is 0 Å². The molecule has 7 heteroatoms. The fraction of sp³-hybridized carbons (Fsp3) is 0. The van der Waals surface area contributed by atoms with Crippen molar-refractivity contribution in [2.24, 2.45) is 0 Å². The molecule has 0 saturated heterocycles. The van der Waals surface area contributed by atoms with E-state index in [1.54, 1.807) is 0 Å². The van der Waals surface area contributed by atoms with E-state index in [4.69, 9.17) is 0 Å². The molecule has 0 aliphatic carbocycles. The summed E-state index contributed by atoms with van der Waals surface area (Å²) in [5, 5.41) is 0. The summed E-state index contributed by atoms with van der Waals surface area (Å²) in [5.74, 6) is 0. The zero-order chi connectivity index (χ0) is 0. The van der Waals surface area contributed by atoms with Gasteiger partial charge in [-0.1, -0.05) is 0 Å². The van der Waals surface area contributed by atoms with E-state index >= 15 is 0 Å². The molecular weight excluding hydrogens is 342 g/mol. The van der Waals surface area contributed by atoms with Gasteiger partial charge in [0, 0.05) is 0 Å². The molecule has 0 heterocycles. The molecular formula is F5SrTb. The molecule has 0 fully saturated rings. The smallest absolute Gasteiger partial charge is 1.00 e. The Hall–Kier alpha value is 2.42. The molecule has 0 atom stereocenters. The first-order chi connectivity index (χ1) is 0. The first-order valence-corrected chi connectivity index (χ1v) is 0. The maximum atomic E-state index is 0. The van der Waals surface area contributed by atoms with Crippen molar-refractivity contribution < 1.29 is 62.1 Å². The molecule has 0 aromatic carbocycles. The Bertz CT molecular complexity index is 8.04. The Morgan fingerprint density at radius 1 is 0.429 bits per heavy atom. The van der Waals surface area contributed by atoms with Crippen molar-refractivity contribution in [2.75, 3.05) is 0 Å². The van der Waals surface area contributed by atoms with Gasteiger partial charge in [-0.2, -0.15) is 0 Å². The molecule has 46 valence electrons. The average molecular weight is 342 g/mol. The molecule has 0 aromatic rings. The van der Waals surface area contributed by atoms with Crippen LogP contribution in [0.5, 0.6) is 0 Å². The van der Waals surface area contributed by atoms with Gasteiger partial charge >= 0.3 is 84.1 Å². The fourth-order valence-electron chi connectivity index (χ4n) is 0. The van der Waals surface area contributed by atoms with Gasteiger partial charge in [-0.25, -0.2) is 0 Å². The summed E-state index contributed by atoms with van der Waals surface area (Å²) >= 11 is 0. The van der Waals surface area contributed by atoms with E-state index in [2.05, 4.69) is 0 Å². The van der Waals surface area contributed by atoms with E-state index in [9.17, 15) is 0 Å². The molecule has 0 aliphatic heterocycles. The van der Waals surface area contributed by atoms with Crippen LogP contribution in [0.2, 0.25) is 0 Å². The van der Waals surface area contributed by atoms with Crippen LogP contribution in [0.3, 0.4) is 0 Å². The van der Waals surface area contributed by atoms with Gasteiger partial charge in [0.15, 0.2) is 0 Å². The Morgan fingerprint density at radius 3 is 0.429 bits per heavy atom. The van der Waals surface area contributed by atoms with Gasteiger partial charge < -0.3 is 23.5 Å². The Kier molecular flexibility index (Phi) is 1290. The average Bonchev–Trinajstić information content (AvgIpc) is 0. The minimum atomic E-state index is 0. The van der Waals surface area contributed by atoms with E-state index in [-0.39, 0.29) is 108 Å². The van der Waals surface area contributed by atoms with Crippen LogP contribution in [0, 0.1) is 38.6 Å². The van der Waals surface area contributed by atoms with Crippen molar-refractivity contribution in [1.29, 1.82) is 0 Å². The molecule has 0 N–H and O–H groups in total. The largest absolute Gasteiger partial charge is 3.00 e. The van der Waals surface area contributed by atoms with Crippen LogP contribution in [-0.4, -0.2) is 45.5 Å². The summed E-state index contributed by atoms with van der Waals surface area (Å²) in [6, 6.07) is 0. The van der Waals surface area contributed by atoms with Crippen LogP contribution in [0.1, 0.15) is 0 Å². The molecule has 0 aromatic heterocycles. The van der Waals surface area contributed by atoms with Crippen LogP contribution < -0.4 is 23.5 Å². The monoisotopic (exact) mass is 342 g/mol. The van der Waals surface area contributed by atoms with Crippen molar-refractivity contribution in [2.45, 2.75) is 0 Å². The Balaban J connectivity index is 0.